The predicted molar refractivity (Wildman–Crippen MR) is 96.4 cm³/mol. The zero-order valence-corrected chi connectivity index (χ0v) is 15.5. The van der Waals surface area contributed by atoms with Crippen molar-refractivity contribution in [2.75, 3.05) is 25.2 Å². The van der Waals surface area contributed by atoms with Gasteiger partial charge in [0.15, 0.2) is 0 Å². The van der Waals surface area contributed by atoms with E-state index in [0.717, 1.165) is 11.3 Å². The number of rotatable bonds is 8. The Labute approximate surface area is 147 Å². The fourth-order valence-corrected chi connectivity index (χ4v) is 2.48. The quantitative estimate of drug-likeness (QED) is 0.702. The van der Waals surface area contributed by atoms with Crippen molar-refractivity contribution in [1.82, 2.24) is 10.6 Å². The Morgan fingerprint density at radius 1 is 1.17 bits per heavy atom. The van der Waals surface area contributed by atoms with Crippen LogP contribution in [0.3, 0.4) is 0 Å². The highest BCUT2D eigenvalue weighted by molar-refractivity contribution is 7.99. The zero-order chi connectivity index (χ0) is 18.0. The van der Waals surface area contributed by atoms with E-state index in [1.54, 1.807) is 7.11 Å². The van der Waals surface area contributed by atoms with Crippen LogP contribution in [0, 0.1) is 0 Å². The van der Waals surface area contributed by atoms with Crippen LogP contribution in [-0.2, 0) is 16.1 Å². The van der Waals surface area contributed by atoms with E-state index in [9.17, 15) is 9.59 Å². The summed E-state index contributed by atoms with van der Waals surface area (Å²) in [7, 11) is 1.61. The molecule has 0 aromatic heterocycles. The number of ether oxygens (including phenoxy) is 2. The molecule has 24 heavy (non-hydrogen) atoms. The van der Waals surface area contributed by atoms with Crippen LogP contribution in [0.4, 0.5) is 4.79 Å². The molecule has 0 unspecified atom stereocenters. The van der Waals surface area contributed by atoms with Gasteiger partial charge in [0.25, 0.3) is 0 Å². The first-order valence-corrected chi connectivity index (χ1v) is 8.90. The van der Waals surface area contributed by atoms with Gasteiger partial charge in [-0.2, -0.15) is 11.8 Å². The summed E-state index contributed by atoms with van der Waals surface area (Å²) in [5, 5.41) is 5.51. The highest BCUT2D eigenvalue weighted by Gasteiger charge is 2.15. The second kappa shape index (κ2) is 10.1. The molecule has 1 aromatic rings. The summed E-state index contributed by atoms with van der Waals surface area (Å²) in [5.41, 5.74) is 0.431. The molecular formula is C17H26N2O4S. The average molecular weight is 354 g/mol. The second-order valence-corrected chi connectivity index (χ2v) is 7.18. The fourth-order valence-electron chi connectivity index (χ4n) is 1.80. The molecule has 0 radical (unpaired) electrons. The summed E-state index contributed by atoms with van der Waals surface area (Å²) in [6.07, 6.45) is -0.441. The van der Waals surface area contributed by atoms with Crippen LogP contribution in [0.25, 0.3) is 0 Å². The Morgan fingerprint density at radius 3 is 2.54 bits per heavy atom. The molecular weight excluding hydrogens is 328 g/mol. The van der Waals surface area contributed by atoms with Gasteiger partial charge in [0, 0.05) is 24.4 Å². The van der Waals surface area contributed by atoms with E-state index in [-0.39, 0.29) is 5.91 Å². The summed E-state index contributed by atoms with van der Waals surface area (Å²) in [4.78, 5) is 23.3. The van der Waals surface area contributed by atoms with Crippen molar-refractivity contribution in [3.63, 3.8) is 0 Å². The third kappa shape index (κ3) is 8.67. The molecule has 0 aliphatic carbocycles. The normalized spacial score (nSPS) is 10.8. The number of carbonyl (C=O) groups excluding carboxylic acids is 2. The van der Waals surface area contributed by atoms with Crippen LogP contribution in [-0.4, -0.2) is 42.8 Å². The van der Waals surface area contributed by atoms with Crippen molar-refractivity contribution < 1.29 is 19.1 Å². The van der Waals surface area contributed by atoms with Crippen molar-refractivity contribution in [1.29, 1.82) is 0 Å². The lowest BCUT2D eigenvalue weighted by molar-refractivity contribution is -0.118. The minimum absolute atomic E-state index is 0.0526. The van der Waals surface area contributed by atoms with E-state index >= 15 is 0 Å². The topological polar surface area (TPSA) is 76.7 Å². The summed E-state index contributed by atoms with van der Waals surface area (Å²) in [5.74, 6) is 1.68. The Kier molecular flexibility index (Phi) is 8.46. The van der Waals surface area contributed by atoms with Gasteiger partial charge in [0.05, 0.1) is 12.9 Å². The average Bonchev–Trinajstić information content (AvgIpc) is 2.51. The monoisotopic (exact) mass is 354 g/mol. The van der Waals surface area contributed by atoms with Gasteiger partial charge in [-0.25, -0.2) is 4.79 Å². The van der Waals surface area contributed by atoms with Gasteiger partial charge in [0.1, 0.15) is 11.4 Å². The van der Waals surface area contributed by atoms with E-state index in [2.05, 4.69) is 10.6 Å². The number of thioether (sulfide) groups is 1. The molecule has 7 heteroatoms. The molecule has 134 valence electrons. The molecule has 0 saturated heterocycles. The molecule has 0 saturated carbocycles. The second-order valence-electron chi connectivity index (χ2n) is 6.07. The van der Waals surface area contributed by atoms with Crippen molar-refractivity contribution in [2.45, 2.75) is 32.9 Å². The van der Waals surface area contributed by atoms with Gasteiger partial charge in [0.2, 0.25) is 5.91 Å². The van der Waals surface area contributed by atoms with Crippen molar-refractivity contribution >= 4 is 23.8 Å². The molecule has 1 rings (SSSR count). The number of nitrogens with one attached hydrogen (secondary N) is 2. The van der Waals surface area contributed by atoms with Gasteiger partial charge in [-0.1, -0.05) is 18.2 Å². The predicted octanol–water partition coefficient (Wildman–Crippen LogP) is 2.57. The number of hydrogen-bond acceptors (Lipinski definition) is 5. The van der Waals surface area contributed by atoms with E-state index in [1.807, 2.05) is 45.0 Å². The number of hydrogen-bond donors (Lipinski definition) is 2. The van der Waals surface area contributed by atoms with Gasteiger partial charge >= 0.3 is 6.09 Å². The SMILES string of the molecule is COc1ccccc1CNC(=O)CSCCNC(=O)OC(C)(C)C. The Hall–Kier alpha value is -1.89. The number of benzene rings is 1. The molecule has 0 aliphatic heterocycles. The van der Waals surface area contributed by atoms with E-state index < -0.39 is 11.7 Å². The highest BCUT2D eigenvalue weighted by Crippen LogP contribution is 2.16. The summed E-state index contributed by atoms with van der Waals surface area (Å²) in [6, 6.07) is 7.56. The third-order valence-corrected chi connectivity index (χ3v) is 3.78. The number of alkyl carbamates (subject to hydrolysis) is 1. The van der Waals surface area contributed by atoms with Crippen molar-refractivity contribution in [3.05, 3.63) is 29.8 Å². The van der Waals surface area contributed by atoms with E-state index in [4.69, 9.17) is 9.47 Å². The largest absolute Gasteiger partial charge is 0.496 e. The highest BCUT2D eigenvalue weighted by atomic mass is 32.2. The number of methoxy groups -OCH3 is 1. The van der Waals surface area contributed by atoms with Gasteiger partial charge in [-0.3, -0.25) is 4.79 Å². The van der Waals surface area contributed by atoms with Crippen LogP contribution in [0.1, 0.15) is 26.3 Å². The van der Waals surface area contributed by atoms with Crippen LogP contribution in [0.5, 0.6) is 5.75 Å². The number of amides is 2. The van der Waals surface area contributed by atoms with Crippen LogP contribution < -0.4 is 15.4 Å². The van der Waals surface area contributed by atoms with Crippen LogP contribution in [0.15, 0.2) is 24.3 Å². The Bertz CT molecular complexity index is 544. The Morgan fingerprint density at radius 2 is 1.88 bits per heavy atom. The first-order chi connectivity index (χ1) is 11.3. The van der Waals surface area contributed by atoms with Crippen LogP contribution in [0.2, 0.25) is 0 Å². The van der Waals surface area contributed by atoms with Gasteiger partial charge in [-0.15, -0.1) is 0 Å². The smallest absolute Gasteiger partial charge is 0.407 e. The molecule has 0 fully saturated rings. The molecule has 0 heterocycles. The van der Waals surface area contributed by atoms with Gasteiger partial charge in [-0.05, 0) is 26.8 Å². The molecule has 0 atom stereocenters. The molecule has 1 aromatic carbocycles. The summed E-state index contributed by atoms with van der Waals surface area (Å²) in [6.45, 7) is 6.33. The zero-order valence-electron chi connectivity index (χ0n) is 14.7. The summed E-state index contributed by atoms with van der Waals surface area (Å²) < 4.78 is 10.4. The maximum Gasteiger partial charge on any atom is 0.407 e. The molecule has 2 N–H and O–H groups in total. The lowest BCUT2D eigenvalue weighted by atomic mass is 10.2. The Balaban J connectivity index is 2.15. The molecule has 0 spiro atoms. The molecule has 6 nitrogen and oxygen atoms in total. The number of carbonyl (C=O) groups is 2. The van der Waals surface area contributed by atoms with Gasteiger partial charge < -0.3 is 20.1 Å². The van der Waals surface area contributed by atoms with Crippen molar-refractivity contribution in [3.8, 4) is 5.75 Å². The van der Waals surface area contributed by atoms with E-state index in [0.29, 0.717) is 24.6 Å². The minimum atomic E-state index is -0.504. The third-order valence-electron chi connectivity index (χ3n) is 2.82. The standard InChI is InChI=1S/C17H26N2O4S/c1-17(2,3)23-16(21)18-9-10-24-12-15(20)19-11-13-7-5-6-8-14(13)22-4/h5-8H,9-12H2,1-4H3,(H,18,21)(H,19,20). The maximum atomic E-state index is 11.8. The molecule has 2 amide bonds. The summed E-state index contributed by atoms with van der Waals surface area (Å²) >= 11 is 1.45. The lowest BCUT2D eigenvalue weighted by Gasteiger charge is -2.19. The maximum absolute atomic E-state index is 11.8. The molecule has 0 aliphatic rings. The minimum Gasteiger partial charge on any atom is -0.496 e. The first-order valence-electron chi connectivity index (χ1n) is 7.75. The number of para-hydroxylation sites is 1. The molecule has 0 bridgehead atoms. The fraction of sp³-hybridized carbons (Fsp3) is 0.529. The first kappa shape index (κ1) is 20.2. The lowest BCUT2D eigenvalue weighted by Crippen LogP contribution is -2.33. The van der Waals surface area contributed by atoms with E-state index in [1.165, 1.54) is 11.8 Å². The van der Waals surface area contributed by atoms with Crippen molar-refractivity contribution in [2.24, 2.45) is 0 Å². The van der Waals surface area contributed by atoms with Crippen LogP contribution >= 0.6 is 11.8 Å².